The maximum Gasteiger partial charge on any atom is 0.322 e. The van der Waals surface area contributed by atoms with Crippen LogP contribution in [0.1, 0.15) is 35.0 Å². The van der Waals surface area contributed by atoms with Crippen LogP contribution in [0.4, 0.5) is 15.0 Å². The van der Waals surface area contributed by atoms with Crippen LogP contribution in [0.2, 0.25) is 0 Å². The first-order valence-electron chi connectivity index (χ1n) is 13.0. The van der Waals surface area contributed by atoms with Crippen molar-refractivity contribution in [3.05, 3.63) is 53.0 Å². The summed E-state index contributed by atoms with van der Waals surface area (Å²) in [6, 6.07) is 7.66. The molecular weight excluding hydrogens is 507 g/mol. The molecule has 0 spiro atoms. The fraction of sp³-hybridized carbons (Fsp3) is 0.407. The van der Waals surface area contributed by atoms with Gasteiger partial charge >= 0.3 is 6.03 Å². The molecule has 2 fully saturated rings. The molecule has 0 bridgehead atoms. The number of furan rings is 1. The Morgan fingerprint density at radius 1 is 1.13 bits per heavy atom. The number of nitrogens with one attached hydrogen (secondary N) is 2. The molecule has 0 unspecified atom stereocenters. The van der Waals surface area contributed by atoms with Crippen molar-refractivity contribution in [2.45, 2.75) is 25.4 Å². The summed E-state index contributed by atoms with van der Waals surface area (Å²) in [4.78, 5) is 49.5. The molecule has 11 nitrogen and oxygen atoms in total. The Morgan fingerprint density at radius 3 is 2.72 bits per heavy atom. The Morgan fingerprint density at radius 2 is 1.97 bits per heavy atom. The molecular formula is C27H29FN6O5. The number of carbonyl (C=O) groups excluding carboxylic acids is 3. The summed E-state index contributed by atoms with van der Waals surface area (Å²) in [7, 11) is 1.32. The van der Waals surface area contributed by atoms with Crippen LogP contribution >= 0.6 is 0 Å². The van der Waals surface area contributed by atoms with Crippen LogP contribution in [0.3, 0.4) is 0 Å². The highest BCUT2D eigenvalue weighted by Gasteiger charge is 2.53. The van der Waals surface area contributed by atoms with E-state index < -0.39 is 29.2 Å². The molecule has 39 heavy (non-hydrogen) atoms. The fourth-order valence-electron chi connectivity index (χ4n) is 5.64. The van der Waals surface area contributed by atoms with E-state index >= 15 is 0 Å². The molecule has 12 heteroatoms. The Bertz CT molecular complexity index is 1490. The lowest BCUT2D eigenvalue weighted by Crippen LogP contribution is -2.52. The number of hydrogen-bond donors (Lipinski definition) is 2. The molecule has 1 atom stereocenters. The van der Waals surface area contributed by atoms with Gasteiger partial charge in [-0.1, -0.05) is 13.0 Å². The SMILES string of the molecule is CCN1CCCN(c2ccc3oc([C@]4(CN5Cc6ccc(OC)c(F)c6C5=O)NC(=O)NC4=O)cc3n2)CC1. The van der Waals surface area contributed by atoms with Gasteiger partial charge in [-0.05, 0) is 43.3 Å². The van der Waals surface area contributed by atoms with Gasteiger partial charge in [-0.15, -0.1) is 0 Å². The largest absolute Gasteiger partial charge is 0.494 e. The Balaban J connectivity index is 1.32. The quantitative estimate of drug-likeness (QED) is 0.460. The van der Waals surface area contributed by atoms with Gasteiger partial charge in [0.15, 0.2) is 22.7 Å². The van der Waals surface area contributed by atoms with E-state index in [1.807, 2.05) is 6.07 Å². The lowest BCUT2D eigenvalue weighted by molar-refractivity contribution is -0.125. The summed E-state index contributed by atoms with van der Waals surface area (Å²) in [5, 5.41) is 4.91. The number of likely N-dealkylation sites (N-methyl/N-ethyl adjacent to an activating group) is 1. The number of halogens is 1. The van der Waals surface area contributed by atoms with Crippen molar-refractivity contribution in [1.29, 1.82) is 0 Å². The smallest absolute Gasteiger partial charge is 0.322 e. The summed E-state index contributed by atoms with van der Waals surface area (Å²) >= 11 is 0. The average Bonchev–Trinajstić information content (AvgIpc) is 3.50. The molecule has 3 aromatic rings. The van der Waals surface area contributed by atoms with Crippen LogP contribution in [0.25, 0.3) is 11.1 Å². The van der Waals surface area contributed by atoms with Gasteiger partial charge in [-0.25, -0.2) is 14.2 Å². The summed E-state index contributed by atoms with van der Waals surface area (Å²) in [6.07, 6.45) is 1.03. The second-order valence-electron chi connectivity index (χ2n) is 10.0. The standard InChI is InChI=1S/C27H29FN6O5/c1-3-32-9-4-10-33(12-11-32)21-8-7-18-17(29-21)13-20(39-18)27(25(36)30-26(37)31-27)15-34-14-16-5-6-19(38-2)23(28)22(16)24(34)35/h5-8,13H,3-4,9-12,14-15H2,1-2H3,(H2,30,31,36,37)/t27-/m0/s1. The number of carbonyl (C=O) groups is 3. The summed E-state index contributed by atoms with van der Waals surface area (Å²) < 4.78 is 26.0. The molecule has 204 valence electrons. The average molecular weight is 537 g/mol. The number of aromatic nitrogens is 1. The van der Waals surface area contributed by atoms with Gasteiger partial charge < -0.3 is 29.2 Å². The number of pyridine rings is 1. The van der Waals surface area contributed by atoms with E-state index in [4.69, 9.17) is 14.1 Å². The first-order chi connectivity index (χ1) is 18.8. The minimum absolute atomic E-state index is 0.0449. The first kappa shape index (κ1) is 25.1. The van der Waals surface area contributed by atoms with Crippen molar-refractivity contribution >= 4 is 34.8 Å². The van der Waals surface area contributed by atoms with E-state index in [0.29, 0.717) is 16.7 Å². The zero-order valence-electron chi connectivity index (χ0n) is 21.8. The molecule has 0 radical (unpaired) electrons. The molecule has 2 saturated heterocycles. The summed E-state index contributed by atoms with van der Waals surface area (Å²) in [6.45, 7) is 6.67. The minimum Gasteiger partial charge on any atom is -0.494 e. The van der Waals surface area contributed by atoms with E-state index in [9.17, 15) is 18.8 Å². The Hall–Kier alpha value is -4.19. The highest BCUT2D eigenvalue weighted by Crippen LogP contribution is 2.36. The van der Waals surface area contributed by atoms with Crippen LogP contribution in [0.15, 0.2) is 34.7 Å². The van der Waals surface area contributed by atoms with Crippen LogP contribution < -0.4 is 20.3 Å². The van der Waals surface area contributed by atoms with Gasteiger partial charge in [0, 0.05) is 32.2 Å². The highest BCUT2D eigenvalue weighted by molar-refractivity contribution is 6.08. The minimum atomic E-state index is -1.71. The lowest BCUT2D eigenvalue weighted by atomic mass is 9.95. The summed E-state index contributed by atoms with van der Waals surface area (Å²) in [5.41, 5.74) is -0.379. The van der Waals surface area contributed by atoms with Gasteiger partial charge in [0.25, 0.3) is 11.8 Å². The number of urea groups is 1. The molecule has 3 aliphatic heterocycles. The molecule has 4 amide bonds. The molecule has 5 heterocycles. The van der Waals surface area contributed by atoms with Crippen molar-refractivity contribution in [2.75, 3.05) is 51.3 Å². The summed E-state index contributed by atoms with van der Waals surface area (Å²) in [5.74, 6) is -1.13. The predicted octanol–water partition coefficient (Wildman–Crippen LogP) is 2.20. The maximum absolute atomic E-state index is 14.9. The van der Waals surface area contributed by atoms with E-state index in [0.717, 1.165) is 45.0 Å². The van der Waals surface area contributed by atoms with E-state index in [2.05, 4.69) is 27.4 Å². The molecule has 2 N–H and O–H groups in total. The number of fused-ring (bicyclic) bond motifs is 2. The van der Waals surface area contributed by atoms with Crippen molar-refractivity contribution in [3.8, 4) is 5.75 Å². The number of imide groups is 1. The number of rotatable bonds is 6. The lowest BCUT2D eigenvalue weighted by Gasteiger charge is -2.28. The number of benzene rings is 1. The fourth-order valence-corrected chi connectivity index (χ4v) is 5.64. The predicted molar refractivity (Wildman–Crippen MR) is 139 cm³/mol. The molecule has 3 aliphatic rings. The Labute approximate surface area is 223 Å². The third kappa shape index (κ3) is 4.15. The molecule has 0 saturated carbocycles. The molecule has 6 rings (SSSR count). The van der Waals surface area contributed by atoms with E-state index in [-0.39, 0.29) is 30.2 Å². The second kappa shape index (κ2) is 9.53. The monoisotopic (exact) mass is 536 g/mol. The zero-order valence-corrected chi connectivity index (χ0v) is 21.8. The number of amides is 4. The normalized spacial score (nSPS) is 21.8. The number of ether oxygens (including phenoxy) is 1. The number of methoxy groups -OCH3 is 1. The molecule has 2 aromatic heterocycles. The third-order valence-corrected chi connectivity index (χ3v) is 7.78. The second-order valence-corrected chi connectivity index (χ2v) is 10.0. The molecule has 1 aromatic carbocycles. The van der Waals surface area contributed by atoms with Crippen LogP contribution in [0, 0.1) is 5.82 Å². The van der Waals surface area contributed by atoms with Gasteiger partial charge in [0.05, 0.1) is 19.2 Å². The van der Waals surface area contributed by atoms with Gasteiger partial charge in [-0.3, -0.25) is 14.9 Å². The zero-order chi connectivity index (χ0) is 27.3. The van der Waals surface area contributed by atoms with E-state index in [1.54, 1.807) is 18.2 Å². The van der Waals surface area contributed by atoms with Crippen molar-refractivity contribution in [2.24, 2.45) is 0 Å². The van der Waals surface area contributed by atoms with Crippen LogP contribution in [-0.2, 0) is 16.9 Å². The number of hydrogen-bond acceptors (Lipinski definition) is 8. The Kier molecular flexibility index (Phi) is 6.13. The number of anilines is 1. The molecule has 0 aliphatic carbocycles. The van der Waals surface area contributed by atoms with E-state index in [1.165, 1.54) is 18.1 Å². The number of nitrogens with zero attached hydrogens (tertiary/aromatic N) is 4. The van der Waals surface area contributed by atoms with Gasteiger partial charge in [0.1, 0.15) is 17.1 Å². The van der Waals surface area contributed by atoms with Crippen molar-refractivity contribution in [1.82, 2.24) is 25.4 Å². The van der Waals surface area contributed by atoms with Crippen molar-refractivity contribution in [3.63, 3.8) is 0 Å². The topological polar surface area (TPSA) is 120 Å². The first-order valence-corrected chi connectivity index (χ1v) is 13.0. The van der Waals surface area contributed by atoms with Gasteiger partial charge in [-0.2, -0.15) is 0 Å². The van der Waals surface area contributed by atoms with Gasteiger partial charge in [0.2, 0.25) is 0 Å². The van der Waals surface area contributed by atoms with Crippen LogP contribution in [0.5, 0.6) is 5.75 Å². The van der Waals surface area contributed by atoms with Crippen molar-refractivity contribution < 1.29 is 27.9 Å². The van der Waals surface area contributed by atoms with Crippen LogP contribution in [-0.4, -0.2) is 79.0 Å². The highest BCUT2D eigenvalue weighted by atomic mass is 19.1. The third-order valence-electron chi connectivity index (χ3n) is 7.78. The maximum atomic E-state index is 14.9.